The van der Waals surface area contributed by atoms with E-state index in [0.717, 1.165) is 33.7 Å². The molecule has 0 bridgehead atoms. The number of hydrogen-bond donors (Lipinski definition) is 1. The highest BCUT2D eigenvalue weighted by Crippen LogP contribution is 2.31. The van der Waals surface area contributed by atoms with E-state index in [1.807, 2.05) is 36.6 Å². The second-order valence-electron chi connectivity index (χ2n) is 5.89. The molecule has 6 heteroatoms. The van der Waals surface area contributed by atoms with E-state index in [1.165, 1.54) is 0 Å². The molecule has 3 aromatic rings. The summed E-state index contributed by atoms with van der Waals surface area (Å²) in [6.45, 7) is 4.13. The molecule has 2 aromatic carbocycles. The Kier molecular flexibility index (Phi) is 4.46. The van der Waals surface area contributed by atoms with Crippen molar-refractivity contribution in [2.75, 3.05) is 14.2 Å². The predicted molar refractivity (Wildman–Crippen MR) is 94.8 cm³/mol. The molecule has 0 amide bonds. The Morgan fingerprint density at radius 2 is 1.88 bits per heavy atom. The summed E-state index contributed by atoms with van der Waals surface area (Å²) in [5.41, 5.74) is 4.54. The number of rotatable bonds is 5. The maximum atomic E-state index is 11.3. The number of carboxylic acid groups (broad SMARTS) is 1. The summed E-state index contributed by atoms with van der Waals surface area (Å²) in [7, 11) is 3.23. The van der Waals surface area contributed by atoms with Crippen LogP contribution in [0.15, 0.2) is 30.3 Å². The number of imidazole rings is 1. The number of nitrogens with zero attached hydrogens (tertiary/aromatic N) is 2. The standard InChI is InChI=1S/C19H20N2O4/c1-11-8-13(19(22)23)9-12(2)18(11)21-14-6-5-7-15(25-4)17(14)20-16(21)10-24-3/h5-9H,10H2,1-4H3,(H,22,23). The molecule has 1 aromatic heterocycles. The smallest absolute Gasteiger partial charge is 0.335 e. The number of aromatic nitrogens is 2. The van der Waals surface area contributed by atoms with Crippen LogP contribution in [0.5, 0.6) is 5.75 Å². The van der Waals surface area contributed by atoms with Crippen molar-refractivity contribution in [1.29, 1.82) is 0 Å². The van der Waals surface area contributed by atoms with Crippen molar-refractivity contribution in [1.82, 2.24) is 9.55 Å². The Labute approximate surface area is 145 Å². The fourth-order valence-corrected chi connectivity index (χ4v) is 3.19. The van der Waals surface area contributed by atoms with Gasteiger partial charge in [0.15, 0.2) is 0 Å². The molecular weight excluding hydrogens is 320 g/mol. The number of para-hydroxylation sites is 1. The molecule has 130 valence electrons. The molecule has 0 saturated carbocycles. The van der Waals surface area contributed by atoms with Gasteiger partial charge in [-0.1, -0.05) is 6.07 Å². The molecule has 0 aliphatic rings. The number of methoxy groups -OCH3 is 2. The van der Waals surface area contributed by atoms with E-state index in [0.29, 0.717) is 12.4 Å². The Bertz CT molecular complexity index is 936. The first-order valence-electron chi connectivity index (χ1n) is 7.86. The van der Waals surface area contributed by atoms with Crippen LogP contribution in [-0.4, -0.2) is 34.8 Å². The second-order valence-corrected chi connectivity index (χ2v) is 5.89. The Hall–Kier alpha value is -2.86. The predicted octanol–water partition coefficient (Wildman–Crippen LogP) is 3.50. The summed E-state index contributed by atoms with van der Waals surface area (Å²) in [6, 6.07) is 9.09. The maximum Gasteiger partial charge on any atom is 0.335 e. The number of fused-ring (bicyclic) bond motifs is 1. The lowest BCUT2D eigenvalue weighted by Gasteiger charge is -2.16. The number of aryl methyl sites for hydroxylation is 2. The zero-order valence-corrected chi connectivity index (χ0v) is 14.7. The molecule has 0 spiro atoms. The van der Waals surface area contributed by atoms with Crippen molar-refractivity contribution in [2.45, 2.75) is 20.5 Å². The lowest BCUT2D eigenvalue weighted by molar-refractivity contribution is 0.0696. The van der Waals surface area contributed by atoms with Gasteiger partial charge < -0.3 is 14.6 Å². The monoisotopic (exact) mass is 340 g/mol. The van der Waals surface area contributed by atoms with Gasteiger partial charge in [-0.3, -0.25) is 4.57 Å². The highest BCUT2D eigenvalue weighted by atomic mass is 16.5. The lowest BCUT2D eigenvalue weighted by atomic mass is 10.0. The van der Waals surface area contributed by atoms with Gasteiger partial charge in [0.05, 0.1) is 23.9 Å². The van der Waals surface area contributed by atoms with Crippen molar-refractivity contribution in [2.24, 2.45) is 0 Å². The molecule has 0 aliphatic heterocycles. The van der Waals surface area contributed by atoms with Crippen molar-refractivity contribution in [3.8, 4) is 11.4 Å². The van der Waals surface area contributed by atoms with E-state index in [9.17, 15) is 9.90 Å². The third-order valence-electron chi connectivity index (χ3n) is 4.17. The molecule has 1 N–H and O–H groups in total. The first kappa shape index (κ1) is 17.0. The van der Waals surface area contributed by atoms with Gasteiger partial charge in [0.1, 0.15) is 23.7 Å². The lowest BCUT2D eigenvalue weighted by Crippen LogP contribution is -2.08. The molecule has 25 heavy (non-hydrogen) atoms. The first-order valence-corrected chi connectivity index (χ1v) is 7.86. The van der Waals surface area contributed by atoms with Crippen molar-refractivity contribution >= 4 is 17.0 Å². The molecule has 1 heterocycles. The molecule has 3 rings (SSSR count). The van der Waals surface area contributed by atoms with E-state index in [-0.39, 0.29) is 5.56 Å². The maximum absolute atomic E-state index is 11.3. The quantitative estimate of drug-likeness (QED) is 0.769. The van der Waals surface area contributed by atoms with Crippen LogP contribution in [0, 0.1) is 13.8 Å². The van der Waals surface area contributed by atoms with Gasteiger partial charge in [-0.15, -0.1) is 0 Å². The van der Waals surface area contributed by atoms with Gasteiger partial charge in [0.2, 0.25) is 0 Å². The van der Waals surface area contributed by atoms with E-state index < -0.39 is 5.97 Å². The van der Waals surface area contributed by atoms with Crippen LogP contribution in [0.2, 0.25) is 0 Å². The summed E-state index contributed by atoms with van der Waals surface area (Å²) < 4.78 is 12.8. The van der Waals surface area contributed by atoms with Crippen LogP contribution in [0.4, 0.5) is 0 Å². The summed E-state index contributed by atoms with van der Waals surface area (Å²) in [6.07, 6.45) is 0. The summed E-state index contributed by atoms with van der Waals surface area (Å²) in [5, 5.41) is 9.28. The minimum absolute atomic E-state index is 0.272. The molecule has 0 atom stereocenters. The minimum atomic E-state index is -0.938. The SMILES string of the molecule is COCc1nc2c(OC)cccc2n1-c1c(C)cc(C(=O)O)cc1C. The number of hydrogen-bond acceptors (Lipinski definition) is 4. The van der Waals surface area contributed by atoms with Crippen LogP contribution in [0.25, 0.3) is 16.7 Å². The van der Waals surface area contributed by atoms with Gasteiger partial charge >= 0.3 is 5.97 Å². The minimum Gasteiger partial charge on any atom is -0.494 e. The largest absolute Gasteiger partial charge is 0.494 e. The van der Waals surface area contributed by atoms with E-state index in [2.05, 4.69) is 4.98 Å². The highest BCUT2D eigenvalue weighted by Gasteiger charge is 2.19. The van der Waals surface area contributed by atoms with E-state index in [1.54, 1.807) is 26.4 Å². The molecular formula is C19H20N2O4. The van der Waals surface area contributed by atoms with Crippen molar-refractivity contribution < 1.29 is 19.4 Å². The fourth-order valence-electron chi connectivity index (χ4n) is 3.19. The third-order valence-corrected chi connectivity index (χ3v) is 4.17. The van der Waals surface area contributed by atoms with Crippen LogP contribution >= 0.6 is 0 Å². The third kappa shape index (κ3) is 2.85. The average molecular weight is 340 g/mol. The summed E-state index contributed by atoms with van der Waals surface area (Å²) >= 11 is 0. The molecule has 0 fully saturated rings. The molecule has 6 nitrogen and oxygen atoms in total. The van der Waals surface area contributed by atoms with E-state index >= 15 is 0 Å². The summed E-state index contributed by atoms with van der Waals surface area (Å²) in [4.78, 5) is 16.0. The number of carboxylic acids is 1. The molecule has 0 aliphatic carbocycles. The van der Waals surface area contributed by atoms with E-state index in [4.69, 9.17) is 9.47 Å². The topological polar surface area (TPSA) is 73.6 Å². The zero-order valence-electron chi connectivity index (χ0n) is 14.7. The van der Waals surface area contributed by atoms with Gasteiger partial charge in [-0.05, 0) is 49.2 Å². The molecule has 0 radical (unpaired) electrons. The first-order chi connectivity index (χ1) is 12.0. The fraction of sp³-hybridized carbons (Fsp3) is 0.263. The Morgan fingerprint density at radius 3 is 2.44 bits per heavy atom. The molecule has 0 saturated heterocycles. The average Bonchev–Trinajstić information content (AvgIpc) is 2.92. The van der Waals surface area contributed by atoms with Gasteiger partial charge in [0, 0.05) is 7.11 Å². The Balaban J connectivity index is 2.35. The number of carbonyl (C=O) groups is 1. The van der Waals surface area contributed by atoms with Crippen molar-refractivity contribution in [3.05, 3.63) is 52.8 Å². The van der Waals surface area contributed by atoms with Gasteiger partial charge in [0.25, 0.3) is 0 Å². The van der Waals surface area contributed by atoms with Crippen LogP contribution in [-0.2, 0) is 11.3 Å². The van der Waals surface area contributed by atoms with Crippen LogP contribution in [0.1, 0.15) is 27.3 Å². The zero-order chi connectivity index (χ0) is 18.1. The summed E-state index contributed by atoms with van der Waals surface area (Å²) in [5.74, 6) is 0.481. The Morgan fingerprint density at radius 1 is 1.20 bits per heavy atom. The second kappa shape index (κ2) is 6.57. The molecule has 0 unspecified atom stereocenters. The van der Waals surface area contributed by atoms with Gasteiger partial charge in [-0.25, -0.2) is 9.78 Å². The van der Waals surface area contributed by atoms with Crippen LogP contribution < -0.4 is 4.74 Å². The number of ether oxygens (including phenoxy) is 2. The number of benzene rings is 2. The number of aromatic carboxylic acids is 1. The van der Waals surface area contributed by atoms with Crippen molar-refractivity contribution in [3.63, 3.8) is 0 Å². The van der Waals surface area contributed by atoms with Crippen LogP contribution in [0.3, 0.4) is 0 Å². The normalized spacial score (nSPS) is 11.0. The highest BCUT2D eigenvalue weighted by molar-refractivity contribution is 5.89. The van der Waals surface area contributed by atoms with Gasteiger partial charge in [-0.2, -0.15) is 0 Å².